The summed E-state index contributed by atoms with van der Waals surface area (Å²) in [5, 5.41) is 0. The number of hydrogen-bond acceptors (Lipinski definition) is 1. The summed E-state index contributed by atoms with van der Waals surface area (Å²) >= 11 is 0. The zero-order valence-electron chi connectivity index (χ0n) is 7.39. The van der Waals surface area contributed by atoms with Crippen LogP contribution >= 0.6 is 0 Å². The van der Waals surface area contributed by atoms with E-state index in [1.807, 2.05) is 12.1 Å². The molecule has 1 aromatic heterocycles. The van der Waals surface area contributed by atoms with Gasteiger partial charge < -0.3 is 4.98 Å². The topological polar surface area (TPSA) is 12.9 Å². The van der Waals surface area contributed by atoms with Gasteiger partial charge in [-0.1, -0.05) is 27.0 Å². The van der Waals surface area contributed by atoms with Crippen LogP contribution in [0.3, 0.4) is 0 Å². The first-order valence-corrected chi connectivity index (χ1v) is 3.43. The average Bonchev–Trinajstić information content (AvgIpc) is 1.88. The monoisotopic (exact) mass is 401 g/mol. The number of aromatic nitrogens is 1. The van der Waals surface area contributed by atoms with Gasteiger partial charge in [-0.05, 0) is 11.1 Å². The van der Waals surface area contributed by atoms with Gasteiger partial charge in [0, 0.05) is 0 Å². The van der Waals surface area contributed by atoms with Gasteiger partial charge >= 0.3 is 0 Å². The van der Waals surface area contributed by atoms with Crippen molar-refractivity contribution in [3.05, 3.63) is 30.1 Å². The Morgan fingerprint density at radius 1 is 1.36 bits per heavy atom. The first-order valence-electron chi connectivity index (χ1n) is 3.43. The largest absolute Gasteiger partial charge is 0.300 e. The molecule has 0 unspecified atom stereocenters. The molecule has 1 heterocycles. The number of nitrogens with zero attached hydrogens (tertiary/aromatic N) is 1. The molecule has 0 N–H and O–H groups in total. The maximum absolute atomic E-state index is 4.19. The van der Waals surface area contributed by atoms with Gasteiger partial charge in [-0.15, -0.1) is 0 Å². The summed E-state index contributed by atoms with van der Waals surface area (Å²) in [6.45, 7) is 6.44. The second-order valence-corrected chi connectivity index (χ2v) is 3.39. The third kappa shape index (κ3) is 2.09. The van der Waals surface area contributed by atoms with Crippen LogP contribution in [-0.2, 0) is 5.41 Å². The van der Waals surface area contributed by atoms with Gasteiger partial charge in [0.1, 0.15) is 0 Å². The van der Waals surface area contributed by atoms with Crippen molar-refractivity contribution in [1.82, 2.24) is 4.98 Å². The molecule has 0 radical (unpaired) electrons. The fraction of sp³-hybridized carbons (Fsp3) is 0.444. The van der Waals surface area contributed by atoms with Gasteiger partial charge in [-0.25, -0.2) is 12.1 Å². The second-order valence-electron chi connectivity index (χ2n) is 3.39. The van der Waals surface area contributed by atoms with Crippen LogP contribution in [-0.4, -0.2) is 4.98 Å². The summed E-state index contributed by atoms with van der Waals surface area (Å²) in [4.78, 5) is 4.19. The summed E-state index contributed by atoms with van der Waals surface area (Å²) in [6, 6.07) is 6.79. The van der Waals surface area contributed by atoms with E-state index >= 15 is 0 Å². The van der Waals surface area contributed by atoms with E-state index < -0.39 is 0 Å². The Morgan fingerprint density at radius 3 is 2.27 bits per heavy atom. The predicted molar refractivity (Wildman–Crippen MR) is 41.8 cm³/mol. The minimum atomic E-state index is 0. The Balaban J connectivity index is 0.000001000. The first-order chi connectivity index (χ1) is 4.61. The molecule has 1 rings (SSSR count). The van der Waals surface area contributed by atoms with Crippen LogP contribution in [0.5, 0.6) is 0 Å². The van der Waals surface area contributed by atoms with E-state index in [9.17, 15) is 0 Å². The summed E-state index contributed by atoms with van der Waals surface area (Å²) in [7, 11) is 0. The molecule has 0 atom stereocenters. The first kappa shape index (κ1) is 9.15. The van der Waals surface area contributed by atoms with Crippen molar-refractivity contribution in [2.24, 2.45) is 0 Å². The Bertz CT molecular complexity index is 201. The van der Waals surface area contributed by atoms with E-state index in [1.54, 1.807) is 6.20 Å². The molecule has 0 bridgehead atoms. The number of pyridine rings is 1. The van der Waals surface area contributed by atoms with E-state index in [-0.39, 0.29) is 5.41 Å². The summed E-state index contributed by atoms with van der Waals surface area (Å²) in [5.74, 6) is 0. The van der Waals surface area contributed by atoms with E-state index in [4.69, 9.17) is 0 Å². The normalized spacial score (nSPS) is 10.5. The van der Waals surface area contributed by atoms with Crippen LogP contribution in [0.4, 0.5) is 0 Å². The van der Waals surface area contributed by atoms with Crippen LogP contribution < -0.4 is 0 Å². The third-order valence-corrected chi connectivity index (χ3v) is 1.38. The van der Waals surface area contributed by atoms with Crippen molar-refractivity contribution < 1.29 is 0 Å². The molecule has 0 amide bonds. The van der Waals surface area contributed by atoms with Gasteiger partial charge in [-0.3, -0.25) is 0 Å². The number of rotatable bonds is 0. The van der Waals surface area contributed by atoms with Crippen LogP contribution in [0.2, 0.25) is 0 Å². The van der Waals surface area contributed by atoms with Gasteiger partial charge in [0.05, 0.1) is 0 Å². The van der Waals surface area contributed by atoms with E-state index in [1.165, 1.54) is 0 Å². The fourth-order valence-electron chi connectivity index (χ4n) is 0.764. The molecule has 0 saturated heterocycles. The van der Waals surface area contributed by atoms with Gasteiger partial charge in [0.25, 0.3) is 0 Å². The molecule has 0 aliphatic rings. The van der Waals surface area contributed by atoms with Gasteiger partial charge in [0.2, 0.25) is 0 Å². The van der Waals surface area contributed by atoms with Crippen molar-refractivity contribution in [3.8, 4) is 0 Å². The van der Waals surface area contributed by atoms with Crippen LogP contribution in [0, 0.1) is 6.07 Å². The van der Waals surface area contributed by atoms with Crippen molar-refractivity contribution in [2.75, 3.05) is 0 Å². The van der Waals surface area contributed by atoms with Gasteiger partial charge in [-0.2, -0.15) is 6.07 Å². The molecule has 1 nitrogen and oxygen atoms in total. The standard InChI is InChI=1S/C9H12N.Rf/c1-9(2,3)8-6-4-5-7-10-8;/h4,6-7H,1-3H3;/q-1;. The Hall–Kier alpha value is -1.85. The van der Waals surface area contributed by atoms with E-state index in [2.05, 4.69) is 31.8 Å². The van der Waals surface area contributed by atoms with Crippen LogP contribution in [0.25, 0.3) is 0 Å². The minimum absolute atomic E-state index is 0. The van der Waals surface area contributed by atoms with Crippen LogP contribution in [0.1, 0.15) is 26.5 Å². The van der Waals surface area contributed by atoms with E-state index in [0.29, 0.717) is 0 Å². The zero-order chi connectivity index (χ0) is 7.61. The summed E-state index contributed by atoms with van der Waals surface area (Å²) in [6.07, 6.45) is 1.71. The van der Waals surface area contributed by atoms with Crippen molar-refractivity contribution in [1.29, 1.82) is 0 Å². The molecule has 0 spiro atoms. The molecule has 11 heavy (non-hydrogen) atoms. The molecule has 0 fully saturated rings. The molecular formula is C9H12NRf-. The zero-order valence-corrected chi connectivity index (χ0v) is 13.8. The predicted octanol–water partition coefficient (Wildman–Crippen LogP) is 2.18. The SMILES string of the molecule is CC(C)(C)c1cc[c-]cn1.[Rf]. The Kier molecular flexibility index (Phi) is 2.35. The maximum atomic E-state index is 4.19. The van der Waals surface area contributed by atoms with Gasteiger partial charge in [0.15, 0.2) is 0 Å². The van der Waals surface area contributed by atoms with Crippen molar-refractivity contribution in [2.45, 2.75) is 26.2 Å². The number of hydrogen-bond donors (Lipinski definition) is 0. The fourth-order valence-corrected chi connectivity index (χ4v) is 0.764. The molecule has 0 aromatic carbocycles. The smallest absolute Gasteiger partial charge is 0 e. The molecule has 0 aliphatic heterocycles. The average molecular weight is 401 g/mol. The third-order valence-electron chi connectivity index (χ3n) is 1.38. The molecule has 2 heteroatoms. The molecule has 0 aliphatic carbocycles. The summed E-state index contributed by atoms with van der Waals surface area (Å²) < 4.78 is 0. The minimum Gasteiger partial charge on any atom is -0.300 e. The Labute approximate surface area is 62.1 Å². The molecule has 0 saturated carbocycles. The quantitative estimate of drug-likeness (QED) is 0.608. The van der Waals surface area contributed by atoms with Crippen molar-refractivity contribution >= 4 is 0 Å². The van der Waals surface area contributed by atoms with Crippen LogP contribution in [0.15, 0.2) is 18.3 Å². The van der Waals surface area contributed by atoms with E-state index in [0.717, 1.165) is 5.69 Å². The molecule has 56 valence electrons. The maximum Gasteiger partial charge on any atom is 0 e. The molecule has 1 aromatic rings. The van der Waals surface area contributed by atoms with Crippen molar-refractivity contribution in [3.63, 3.8) is 0 Å². The Morgan fingerprint density at radius 2 is 2.00 bits per heavy atom. The molecular weight excluding hydrogens is 389 g/mol. The second kappa shape index (κ2) is 2.82. The summed E-state index contributed by atoms with van der Waals surface area (Å²) in [5.41, 5.74) is 1.28.